The van der Waals surface area contributed by atoms with Gasteiger partial charge in [0.1, 0.15) is 0 Å². The number of pyridine rings is 1. The molecule has 0 aliphatic rings. The molecule has 4 heteroatoms. The van der Waals surface area contributed by atoms with Crippen molar-refractivity contribution in [2.75, 3.05) is 5.32 Å². The summed E-state index contributed by atoms with van der Waals surface area (Å²) in [5.41, 5.74) is 0.785. The Morgan fingerprint density at radius 2 is 1.79 bits per heavy atom. The summed E-state index contributed by atoms with van der Waals surface area (Å²) in [7, 11) is 0. The van der Waals surface area contributed by atoms with Crippen molar-refractivity contribution in [3.8, 4) is 0 Å². The van der Waals surface area contributed by atoms with E-state index in [-0.39, 0.29) is 10.8 Å². The molecule has 2 aromatic carbocycles. The van der Waals surface area contributed by atoms with Crippen molar-refractivity contribution in [2.45, 2.75) is 0 Å². The van der Waals surface area contributed by atoms with Crippen molar-refractivity contribution in [3.05, 3.63) is 65.6 Å². The van der Waals surface area contributed by atoms with E-state index in [1.54, 1.807) is 0 Å². The molecule has 0 aliphatic heterocycles. The van der Waals surface area contributed by atoms with E-state index < -0.39 is 5.82 Å². The van der Waals surface area contributed by atoms with Crippen LogP contribution in [0.5, 0.6) is 0 Å². The molecule has 0 unspecified atom stereocenters. The first kappa shape index (κ1) is 11.9. The number of anilines is 2. The Hall–Kier alpha value is -2.13. The number of aromatic nitrogens is 1. The van der Waals surface area contributed by atoms with Gasteiger partial charge in [0.2, 0.25) is 0 Å². The maximum Gasteiger partial charge on any atom is 0.167 e. The quantitative estimate of drug-likeness (QED) is 0.727. The normalized spacial score (nSPS) is 10.6. The molecule has 0 atom stereocenters. The molecule has 1 heterocycles. The van der Waals surface area contributed by atoms with E-state index >= 15 is 0 Å². The molecule has 0 saturated heterocycles. The lowest BCUT2D eigenvalue weighted by atomic mass is 10.1. The molecule has 0 radical (unpaired) electrons. The zero-order valence-corrected chi connectivity index (χ0v) is 10.7. The number of halogens is 2. The van der Waals surface area contributed by atoms with Crippen LogP contribution in [0.4, 0.5) is 15.9 Å². The molecule has 0 fully saturated rings. The fourth-order valence-corrected chi connectivity index (χ4v) is 2.05. The molecule has 0 amide bonds. The second-order valence-electron chi connectivity index (χ2n) is 4.17. The standard InChI is InChI=1S/C15H10ClFN2/c16-12-8-14(17)15(18-9-12)19-13-6-5-10-3-1-2-4-11(10)7-13/h1-9H,(H,18,19). The highest BCUT2D eigenvalue weighted by Gasteiger charge is 2.05. The Kier molecular flexibility index (Phi) is 3.05. The lowest BCUT2D eigenvalue weighted by Gasteiger charge is -2.07. The van der Waals surface area contributed by atoms with Crippen LogP contribution in [0.1, 0.15) is 0 Å². The first-order chi connectivity index (χ1) is 9.22. The molecule has 2 nitrogen and oxygen atoms in total. The van der Waals surface area contributed by atoms with E-state index in [9.17, 15) is 4.39 Å². The topological polar surface area (TPSA) is 24.9 Å². The maximum atomic E-state index is 13.6. The monoisotopic (exact) mass is 272 g/mol. The lowest BCUT2D eigenvalue weighted by molar-refractivity contribution is 0.626. The van der Waals surface area contributed by atoms with E-state index in [2.05, 4.69) is 10.3 Å². The smallest absolute Gasteiger partial charge is 0.167 e. The van der Waals surface area contributed by atoms with E-state index in [1.165, 1.54) is 12.3 Å². The third kappa shape index (κ3) is 2.51. The van der Waals surface area contributed by atoms with Gasteiger partial charge in [0, 0.05) is 11.9 Å². The summed E-state index contributed by atoms with van der Waals surface area (Å²) in [4.78, 5) is 3.94. The molecule has 0 spiro atoms. The number of hydrogen-bond donors (Lipinski definition) is 1. The van der Waals surface area contributed by atoms with Crippen LogP contribution in [-0.2, 0) is 0 Å². The van der Waals surface area contributed by atoms with Gasteiger partial charge in [0.05, 0.1) is 5.02 Å². The van der Waals surface area contributed by atoms with Crippen LogP contribution in [0.15, 0.2) is 54.7 Å². The average Bonchev–Trinajstić information content (AvgIpc) is 2.42. The summed E-state index contributed by atoms with van der Waals surface area (Å²) in [6, 6.07) is 15.0. The van der Waals surface area contributed by atoms with E-state index in [1.807, 2.05) is 42.5 Å². The number of rotatable bonds is 2. The van der Waals surface area contributed by atoms with Crippen LogP contribution in [0, 0.1) is 5.82 Å². The molecule has 3 aromatic rings. The van der Waals surface area contributed by atoms with Gasteiger partial charge in [-0.1, -0.05) is 41.9 Å². The minimum absolute atomic E-state index is 0.166. The second kappa shape index (κ2) is 4.86. The summed E-state index contributed by atoms with van der Waals surface area (Å²) in [5, 5.41) is 5.45. The van der Waals surface area contributed by atoms with Gasteiger partial charge >= 0.3 is 0 Å². The van der Waals surface area contributed by atoms with Crippen molar-refractivity contribution < 1.29 is 4.39 Å². The Morgan fingerprint density at radius 3 is 2.58 bits per heavy atom. The molecular formula is C15H10ClFN2. The van der Waals surface area contributed by atoms with Gasteiger partial charge in [-0.15, -0.1) is 0 Å². The third-order valence-corrected chi connectivity index (χ3v) is 3.03. The number of benzene rings is 2. The first-order valence-electron chi connectivity index (χ1n) is 5.79. The van der Waals surface area contributed by atoms with Crippen molar-refractivity contribution in [1.29, 1.82) is 0 Å². The predicted octanol–water partition coefficient (Wildman–Crippen LogP) is 4.77. The van der Waals surface area contributed by atoms with E-state index in [0.29, 0.717) is 0 Å². The zero-order valence-electron chi connectivity index (χ0n) is 9.90. The minimum atomic E-state index is -0.472. The SMILES string of the molecule is Fc1cc(Cl)cnc1Nc1ccc2ccccc2c1. The largest absolute Gasteiger partial charge is 0.338 e. The van der Waals surface area contributed by atoms with Gasteiger partial charge in [0.25, 0.3) is 0 Å². The molecule has 1 N–H and O–H groups in total. The molecule has 0 aliphatic carbocycles. The van der Waals surface area contributed by atoms with Gasteiger partial charge in [-0.2, -0.15) is 0 Å². The zero-order chi connectivity index (χ0) is 13.2. The highest BCUT2D eigenvalue weighted by Crippen LogP contribution is 2.23. The van der Waals surface area contributed by atoms with Crippen LogP contribution in [0.2, 0.25) is 5.02 Å². The average molecular weight is 273 g/mol. The van der Waals surface area contributed by atoms with Crippen LogP contribution in [0.25, 0.3) is 10.8 Å². The maximum absolute atomic E-state index is 13.6. The Bertz CT molecular complexity index is 743. The number of nitrogens with zero attached hydrogens (tertiary/aromatic N) is 1. The van der Waals surface area contributed by atoms with Gasteiger partial charge in [-0.05, 0) is 29.0 Å². The lowest BCUT2D eigenvalue weighted by Crippen LogP contribution is -1.96. The molecule has 3 rings (SSSR count). The highest BCUT2D eigenvalue weighted by molar-refractivity contribution is 6.30. The summed E-state index contributed by atoms with van der Waals surface area (Å²) in [6.45, 7) is 0. The van der Waals surface area contributed by atoms with Gasteiger partial charge in [-0.25, -0.2) is 9.37 Å². The molecule has 0 saturated carbocycles. The van der Waals surface area contributed by atoms with E-state index in [0.717, 1.165) is 16.5 Å². The Balaban J connectivity index is 1.96. The second-order valence-corrected chi connectivity index (χ2v) is 4.61. The number of fused-ring (bicyclic) bond motifs is 1. The summed E-state index contributed by atoms with van der Waals surface area (Å²) in [5.74, 6) is -0.305. The van der Waals surface area contributed by atoms with Crippen molar-refractivity contribution >= 4 is 33.9 Å². The highest BCUT2D eigenvalue weighted by atomic mass is 35.5. The predicted molar refractivity (Wildman–Crippen MR) is 76.4 cm³/mol. The number of nitrogens with one attached hydrogen (secondary N) is 1. The fourth-order valence-electron chi connectivity index (χ4n) is 1.91. The number of hydrogen-bond acceptors (Lipinski definition) is 2. The summed E-state index contributed by atoms with van der Waals surface area (Å²) in [6.07, 6.45) is 1.41. The molecule has 1 aromatic heterocycles. The summed E-state index contributed by atoms with van der Waals surface area (Å²) < 4.78 is 13.6. The first-order valence-corrected chi connectivity index (χ1v) is 6.17. The van der Waals surface area contributed by atoms with Gasteiger partial charge in [-0.3, -0.25) is 0 Å². The van der Waals surface area contributed by atoms with Crippen molar-refractivity contribution in [1.82, 2.24) is 4.98 Å². The Labute approximate surface area is 114 Å². The van der Waals surface area contributed by atoms with E-state index in [4.69, 9.17) is 11.6 Å². The third-order valence-electron chi connectivity index (χ3n) is 2.82. The molecule has 19 heavy (non-hydrogen) atoms. The molecule has 0 bridgehead atoms. The van der Waals surface area contributed by atoms with Crippen LogP contribution in [0.3, 0.4) is 0 Å². The van der Waals surface area contributed by atoms with Crippen LogP contribution in [-0.4, -0.2) is 4.98 Å². The van der Waals surface area contributed by atoms with Gasteiger partial charge < -0.3 is 5.32 Å². The molecule has 94 valence electrons. The van der Waals surface area contributed by atoms with Crippen LogP contribution >= 0.6 is 11.6 Å². The van der Waals surface area contributed by atoms with Crippen molar-refractivity contribution in [3.63, 3.8) is 0 Å². The summed E-state index contributed by atoms with van der Waals surface area (Å²) >= 11 is 5.67. The van der Waals surface area contributed by atoms with Gasteiger partial charge in [0.15, 0.2) is 11.6 Å². The fraction of sp³-hybridized carbons (Fsp3) is 0. The Morgan fingerprint density at radius 1 is 1.00 bits per heavy atom. The minimum Gasteiger partial charge on any atom is -0.338 e. The molecular weight excluding hydrogens is 263 g/mol. The van der Waals surface area contributed by atoms with Crippen LogP contribution < -0.4 is 5.32 Å². The van der Waals surface area contributed by atoms with Crippen molar-refractivity contribution in [2.24, 2.45) is 0 Å².